The monoisotopic (exact) mass is 317 g/mol. The third-order valence-electron chi connectivity index (χ3n) is 2.13. The van der Waals surface area contributed by atoms with Gasteiger partial charge in [-0.1, -0.05) is 6.07 Å². The molecule has 2 heterocycles. The fourth-order valence-corrected chi connectivity index (χ4v) is 1.59. The van der Waals surface area contributed by atoms with Crippen molar-refractivity contribution in [1.82, 2.24) is 9.38 Å². The Hall–Kier alpha value is -0.620. The van der Waals surface area contributed by atoms with Crippen molar-refractivity contribution in [2.75, 3.05) is 21.1 Å². The number of hydrogen-bond donors (Lipinski definition) is 0. The molecular weight excluding hydrogens is 301 g/mol. The van der Waals surface area contributed by atoms with Crippen molar-refractivity contribution in [2.45, 2.75) is 6.54 Å². The molecule has 0 spiro atoms. The lowest BCUT2D eigenvalue weighted by Gasteiger charge is -2.23. The number of imidazole rings is 1. The van der Waals surface area contributed by atoms with E-state index < -0.39 is 0 Å². The van der Waals surface area contributed by atoms with Gasteiger partial charge in [-0.2, -0.15) is 0 Å². The van der Waals surface area contributed by atoms with Gasteiger partial charge in [-0.05, 0) is 12.1 Å². The number of nitrogens with zero attached hydrogens (tertiary/aromatic N) is 3. The lowest BCUT2D eigenvalue weighted by Crippen LogP contribution is -3.00. The average molecular weight is 317 g/mol. The fourth-order valence-electron chi connectivity index (χ4n) is 1.59. The molecule has 82 valence electrons. The zero-order valence-electron chi connectivity index (χ0n) is 9.31. The molecule has 3 nitrogen and oxygen atoms in total. The van der Waals surface area contributed by atoms with Gasteiger partial charge >= 0.3 is 0 Å². The predicted octanol–water partition coefficient (Wildman–Crippen LogP) is -1.46. The van der Waals surface area contributed by atoms with Crippen molar-refractivity contribution in [3.05, 3.63) is 36.3 Å². The van der Waals surface area contributed by atoms with Crippen LogP contribution in [0.2, 0.25) is 0 Å². The molecule has 0 amide bonds. The van der Waals surface area contributed by atoms with Crippen LogP contribution in [-0.2, 0) is 6.54 Å². The third-order valence-corrected chi connectivity index (χ3v) is 2.13. The van der Waals surface area contributed by atoms with Crippen molar-refractivity contribution in [3.63, 3.8) is 0 Å². The summed E-state index contributed by atoms with van der Waals surface area (Å²) >= 11 is 0. The molecule has 0 N–H and O–H groups in total. The maximum Gasteiger partial charge on any atom is 0.137 e. The van der Waals surface area contributed by atoms with Gasteiger partial charge in [0.25, 0.3) is 0 Å². The topological polar surface area (TPSA) is 17.3 Å². The molecule has 0 aliphatic rings. The maximum absolute atomic E-state index is 4.36. The van der Waals surface area contributed by atoms with Crippen molar-refractivity contribution >= 4 is 5.65 Å². The summed E-state index contributed by atoms with van der Waals surface area (Å²) in [4.78, 5) is 4.36. The molecule has 0 radical (unpaired) electrons. The Labute approximate surface area is 107 Å². The summed E-state index contributed by atoms with van der Waals surface area (Å²) in [5.41, 5.74) is 2.28. The van der Waals surface area contributed by atoms with E-state index in [1.807, 2.05) is 24.4 Å². The van der Waals surface area contributed by atoms with Crippen LogP contribution in [0.5, 0.6) is 0 Å². The van der Waals surface area contributed by atoms with Crippen molar-refractivity contribution in [3.8, 4) is 0 Å². The smallest absolute Gasteiger partial charge is 0.137 e. The van der Waals surface area contributed by atoms with Gasteiger partial charge in [0.2, 0.25) is 0 Å². The summed E-state index contributed by atoms with van der Waals surface area (Å²) in [7, 11) is 6.55. The van der Waals surface area contributed by atoms with Gasteiger partial charge in [0, 0.05) is 6.20 Å². The number of pyridine rings is 1. The molecule has 0 aliphatic carbocycles. The molecule has 0 saturated heterocycles. The highest BCUT2D eigenvalue weighted by Gasteiger charge is 2.12. The van der Waals surface area contributed by atoms with Gasteiger partial charge in [0.15, 0.2) is 0 Å². The number of aromatic nitrogens is 2. The van der Waals surface area contributed by atoms with Gasteiger partial charge in [-0.3, -0.25) is 4.40 Å². The van der Waals surface area contributed by atoms with Crippen molar-refractivity contribution < 1.29 is 28.5 Å². The van der Waals surface area contributed by atoms with Crippen LogP contribution in [0.3, 0.4) is 0 Å². The van der Waals surface area contributed by atoms with Crippen LogP contribution in [0.25, 0.3) is 5.65 Å². The van der Waals surface area contributed by atoms with Crippen molar-refractivity contribution in [1.29, 1.82) is 0 Å². The Bertz CT molecular complexity index is 442. The quantitative estimate of drug-likeness (QED) is 0.489. The van der Waals surface area contributed by atoms with Crippen molar-refractivity contribution in [2.24, 2.45) is 0 Å². The molecule has 2 aromatic heterocycles. The minimum atomic E-state index is 0. The van der Waals surface area contributed by atoms with Crippen LogP contribution < -0.4 is 24.0 Å². The Morgan fingerprint density at radius 2 is 2.00 bits per heavy atom. The standard InChI is InChI=1S/C11H16N3.HI/c1-14(2,3)9-10-8-12-11-6-4-5-7-13(10)11;/h4-8H,9H2,1-3H3;1H/q+1;/p-1. The second-order valence-electron chi connectivity index (χ2n) is 4.63. The predicted molar refractivity (Wildman–Crippen MR) is 56.9 cm³/mol. The summed E-state index contributed by atoms with van der Waals surface area (Å²) in [6, 6.07) is 6.07. The molecule has 0 aromatic carbocycles. The normalized spacial score (nSPS) is 11.4. The fraction of sp³-hybridized carbons (Fsp3) is 0.364. The molecular formula is C11H16IN3. The lowest BCUT2D eigenvalue weighted by molar-refractivity contribution is -0.884. The van der Waals surface area contributed by atoms with Gasteiger partial charge in [-0.15, -0.1) is 0 Å². The second kappa shape index (κ2) is 4.49. The summed E-state index contributed by atoms with van der Waals surface area (Å²) in [5.74, 6) is 0. The highest BCUT2D eigenvalue weighted by molar-refractivity contribution is 5.39. The third kappa shape index (κ3) is 2.92. The minimum Gasteiger partial charge on any atom is -1.00 e. The molecule has 2 aromatic rings. The molecule has 0 unspecified atom stereocenters. The van der Waals surface area contributed by atoms with Gasteiger partial charge in [0.1, 0.15) is 12.2 Å². The zero-order chi connectivity index (χ0) is 10.2. The van der Waals surface area contributed by atoms with E-state index in [1.54, 1.807) is 0 Å². The number of hydrogen-bond acceptors (Lipinski definition) is 1. The van der Waals surface area contributed by atoms with E-state index in [0.29, 0.717) is 0 Å². The number of halogens is 1. The first kappa shape index (κ1) is 12.4. The van der Waals surface area contributed by atoms with E-state index in [4.69, 9.17) is 0 Å². The molecule has 2 rings (SSSR count). The largest absolute Gasteiger partial charge is 1.00 e. The van der Waals surface area contributed by atoms with E-state index in [9.17, 15) is 0 Å². The molecule has 0 atom stereocenters. The number of fused-ring (bicyclic) bond motifs is 1. The molecule has 0 bridgehead atoms. The van der Waals surface area contributed by atoms with E-state index in [2.05, 4.69) is 36.7 Å². The maximum atomic E-state index is 4.36. The average Bonchev–Trinajstić information content (AvgIpc) is 2.47. The van der Waals surface area contributed by atoms with E-state index in [0.717, 1.165) is 16.7 Å². The first-order valence-corrected chi connectivity index (χ1v) is 4.78. The van der Waals surface area contributed by atoms with E-state index in [-0.39, 0.29) is 24.0 Å². The summed E-state index contributed by atoms with van der Waals surface area (Å²) in [6.07, 6.45) is 4.02. The Kier molecular flexibility index (Phi) is 3.72. The number of quaternary nitrogens is 1. The Morgan fingerprint density at radius 3 is 2.67 bits per heavy atom. The number of rotatable bonds is 2. The molecule has 15 heavy (non-hydrogen) atoms. The van der Waals surface area contributed by atoms with Gasteiger partial charge < -0.3 is 28.5 Å². The second-order valence-corrected chi connectivity index (χ2v) is 4.63. The molecule has 0 aliphatic heterocycles. The van der Waals surface area contributed by atoms with Crippen LogP contribution in [-0.4, -0.2) is 35.0 Å². The SMILES string of the molecule is C[N+](C)(C)Cc1cnc2ccccn12.[I-]. The highest BCUT2D eigenvalue weighted by Crippen LogP contribution is 2.09. The Balaban J connectivity index is 0.00000112. The highest BCUT2D eigenvalue weighted by atomic mass is 127. The zero-order valence-corrected chi connectivity index (χ0v) is 11.5. The summed E-state index contributed by atoms with van der Waals surface area (Å²) in [5, 5.41) is 0. The van der Waals surface area contributed by atoms with Crippen LogP contribution in [0, 0.1) is 0 Å². The van der Waals surface area contributed by atoms with Crippen LogP contribution in [0.1, 0.15) is 5.69 Å². The Morgan fingerprint density at radius 1 is 1.27 bits per heavy atom. The lowest BCUT2D eigenvalue weighted by atomic mass is 10.4. The van der Waals surface area contributed by atoms with Gasteiger partial charge in [0.05, 0.1) is 33.0 Å². The van der Waals surface area contributed by atoms with Crippen LogP contribution >= 0.6 is 0 Å². The van der Waals surface area contributed by atoms with E-state index in [1.165, 1.54) is 5.69 Å². The first-order valence-electron chi connectivity index (χ1n) is 4.78. The van der Waals surface area contributed by atoms with Gasteiger partial charge in [-0.25, -0.2) is 4.98 Å². The van der Waals surface area contributed by atoms with E-state index >= 15 is 0 Å². The molecule has 0 fully saturated rings. The molecule has 0 saturated carbocycles. The first-order chi connectivity index (χ1) is 6.56. The van der Waals surface area contributed by atoms with Crippen LogP contribution in [0.4, 0.5) is 0 Å². The summed E-state index contributed by atoms with van der Waals surface area (Å²) < 4.78 is 3.06. The minimum absolute atomic E-state index is 0. The van der Waals surface area contributed by atoms with Crippen LogP contribution in [0.15, 0.2) is 30.6 Å². The molecule has 4 heteroatoms. The summed E-state index contributed by atoms with van der Waals surface area (Å²) in [6.45, 7) is 0.991.